The van der Waals surface area contributed by atoms with Crippen molar-refractivity contribution in [2.75, 3.05) is 11.9 Å². The fraction of sp³-hybridized carbons (Fsp3) is 0.375. The molecule has 0 spiro atoms. The normalized spacial score (nSPS) is 18.2. The second kappa shape index (κ2) is 9.31. The van der Waals surface area contributed by atoms with Gasteiger partial charge in [-0.3, -0.25) is 19.7 Å². The molecule has 0 aliphatic carbocycles. The van der Waals surface area contributed by atoms with Gasteiger partial charge in [0.25, 0.3) is 5.91 Å². The summed E-state index contributed by atoms with van der Waals surface area (Å²) in [4.78, 5) is 38.4. The third-order valence-corrected chi connectivity index (χ3v) is 6.00. The molecule has 2 aromatic rings. The number of benzene rings is 2. The van der Waals surface area contributed by atoms with Crippen LogP contribution in [0.25, 0.3) is 0 Å². The number of aryl methyl sites for hydroxylation is 1. The molecule has 2 aliphatic rings. The maximum Gasteiger partial charge on any atom is 0.255 e. The van der Waals surface area contributed by atoms with Crippen molar-refractivity contribution in [1.29, 1.82) is 0 Å². The van der Waals surface area contributed by atoms with Gasteiger partial charge in [-0.1, -0.05) is 30.3 Å². The average Bonchev–Trinajstić information content (AvgIpc) is 3.10. The van der Waals surface area contributed by atoms with Crippen molar-refractivity contribution in [2.45, 2.75) is 51.2 Å². The van der Waals surface area contributed by atoms with E-state index >= 15 is 0 Å². The molecule has 2 aromatic carbocycles. The van der Waals surface area contributed by atoms with Crippen molar-refractivity contribution in [3.8, 4) is 0 Å². The van der Waals surface area contributed by atoms with Crippen LogP contribution in [0.15, 0.2) is 42.5 Å². The molecular formula is C24H28N4O3. The zero-order valence-electron chi connectivity index (χ0n) is 17.5. The van der Waals surface area contributed by atoms with Crippen LogP contribution in [-0.4, -0.2) is 35.2 Å². The Balaban J connectivity index is 1.42. The van der Waals surface area contributed by atoms with Crippen molar-refractivity contribution in [2.24, 2.45) is 5.73 Å². The molecule has 31 heavy (non-hydrogen) atoms. The third kappa shape index (κ3) is 4.61. The second-order valence-electron chi connectivity index (χ2n) is 8.15. The minimum absolute atomic E-state index is 0.142. The maximum absolute atomic E-state index is 13.1. The molecular weight excluding hydrogens is 392 g/mol. The summed E-state index contributed by atoms with van der Waals surface area (Å²) in [7, 11) is 0. The molecule has 0 aromatic heterocycles. The number of unbranched alkanes of at least 4 members (excludes halogenated alkanes) is 1. The number of nitrogens with two attached hydrogens (primary N) is 1. The number of hydrogen-bond acceptors (Lipinski definition) is 5. The largest absolute Gasteiger partial charge is 0.381 e. The number of hydrogen-bond donors (Lipinski definition) is 3. The van der Waals surface area contributed by atoms with Gasteiger partial charge in [-0.15, -0.1) is 0 Å². The highest BCUT2D eigenvalue weighted by atomic mass is 16.2. The van der Waals surface area contributed by atoms with Gasteiger partial charge in [-0.2, -0.15) is 0 Å². The van der Waals surface area contributed by atoms with Crippen LogP contribution in [0.5, 0.6) is 0 Å². The van der Waals surface area contributed by atoms with Crippen LogP contribution in [0.2, 0.25) is 0 Å². The lowest BCUT2D eigenvalue weighted by Gasteiger charge is -2.29. The zero-order valence-corrected chi connectivity index (χ0v) is 17.5. The molecule has 7 heteroatoms. The Morgan fingerprint density at radius 3 is 2.61 bits per heavy atom. The number of anilines is 1. The number of imide groups is 1. The molecule has 1 unspecified atom stereocenters. The monoisotopic (exact) mass is 420 g/mol. The number of piperidine rings is 1. The Hall–Kier alpha value is -3.19. The summed E-state index contributed by atoms with van der Waals surface area (Å²) in [5.74, 6) is -0.804. The molecule has 0 saturated carbocycles. The van der Waals surface area contributed by atoms with E-state index in [1.807, 2.05) is 18.2 Å². The highest BCUT2D eigenvalue weighted by Crippen LogP contribution is 2.30. The molecule has 3 amide bonds. The zero-order chi connectivity index (χ0) is 21.8. The molecule has 2 heterocycles. The first-order valence-corrected chi connectivity index (χ1v) is 10.8. The van der Waals surface area contributed by atoms with Crippen molar-refractivity contribution in [3.05, 3.63) is 64.7 Å². The molecule has 1 saturated heterocycles. The van der Waals surface area contributed by atoms with Crippen LogP contribution in [0.3, 0.4) is 0 Å². The Morgan fingerprint density at radius 1 is 1.06 bits per heavy atom. The standard InChI is InChI=1S/C24H28N4O3/c25-13-2-1-4-16-7-9-19(10-8-16)26-14-17-5-3-6-18-15-28(24(31)22(17)18)20-11-12-21(29)27-23(20)30/h3,5-10,20,26H,1-2,4,11-15,25H2,(H,27,29,30). The van der Waals surface area contributed by atoms with Crippen molar-refractivity contribution in [1.82, 2.24) is 10.2 Å². The van der Waals surface area contributed by atoms with E-state index in [0.717, 1.165) is 42.6 Å². The molecule has 1 atom stereocenters. The molecule has 2 aliphatic heterocycles. The molecule has 7 nitrogen and oxygen atoms in total. The number of carbonyl (C=O) groups excluding carboxylic acids is 3. The highest BCUT2D eigenvalue weighted by Gasteiger charge is 2.39. The summed E-state index contributed by atoms with van der Waals surface area (Å²) in [6.07, 6.45) is 3.77. The van der Waals surface area contributed by atoms with E-state index in [9.17, 15) is 14.4 Å². The minimum atomic E-state index is -0.592. The van der Waals surface area contributed by atoms with Crippen molar-refractivity contribution < 1.29 is 14.4 Å². The van der Waals surface area contributed by atoms with Crippen molar-refractivity contribution in [3.63, 3.8) is 0 Å². The van der Waals surface area contributed by atoms with E-state index in [1.165, 1.54) is 5.56 Å². The van der Waals surface area contributed by atoms with Crippen LogP contribution < -0.4 is 16.4 Å². The van der Waals surface area contributed by atoms with Gasteiger partial charge < -0.3 is 16.0 Å². The number of fused-ring (bicyclic) bond motifs is 1. The van der Waals surface area contributed by atoms with Gasteiger partial charge in [0.05, 0.1) is 0 Å². The average molecular weight is 421 g/mol. The molecule has 1 fully saturated rings. The quantitative estimate of drug-likeness (QED) is 0.449. The smallest absolute Gasteiger partial charge is 0.255 e. The van der Waals surface area contributed by atoms with E-state index in [2.05, 4.69) is 34.9 Å². The van der Waals surface area contributed by atoms with Crippen LogP contribution >= 0.6 is 0 Å². The van der Waals surface area contributed by atoms with E-state index in [4.69, 9.17) is 5.73 Å². The topological polar surface area (TPSA) is 105 Å². The lowest BCUT2D eigenvalue weighted by Crippen LogP contribution is -2.52. The Bertz CT molecular complexity index is 987. The summed E-state index contributed by atoms with van der Waals surface area (Å²) in [6.45, 7) is 1.64. The Kier molecular flexibility index (Phi) is 6.32. The van der Waals surface area contributed by atoms with Gasteiger partial charge in [0.1, 0.15) is 6.04 Å². The molecule has 4 N–H and O–H groups in total. The number of nitrogens with zero attached hydrogens (tertiary/aromatic N) is 1. The summed E-state index contributed by atoms with van der Waals surface area (Å²) in [6, 6.07) is 13.6. The number of amides is 3. The van der Waals surface area contributed by atoms with Crippen LogP contribution in [0.4, 0.5) is 5.69 Å². The molecule has 0 radical (unpaired) electrons. The van der Waals surface area contributed by atoms with Crippen LogP contribution in [-0.2, 0) is 29.1 Å². The predicted octanol–water partition coefficient (Wildman–Crippen LogP) is 2.34. The van der Waals surface area contributed by atoms with E-state index in [0.29, 0.717) is 25.1 Å². The summed E-state index contributed by atoms with van der Waals surface area (Å²) in [5.41, 5.74) is 10.3. The lowest BCUT2D eigenvalue weighted by atomic mass is 10.0. The van der Waals surface area contributed by atoms with Crippen LogP contribution in [0.1, 0.15) is 52.7 Å². The minimum Gasteiger partial charge on any atom is -0.381 e. The first-order valence-electron chi connectivity index (χ1n) is 10.8. The number of rotatable bonds is 8. The SMILES string of the molecule is NCCCCc1ccc(NCc2cccc3c2C(=O)N(C2CCC(=O)NC2=O)C3)cc1. The fourth-order valence-electron chi connectivity index (χ4n) is 4.30. The first kappa shape index (κ1) is 21.1. The molecule has 162 valence electrons. The van der Waals surface area contributed by atoms with Gasteiger partial charge in [0.15, 0.2) is 0 Å². The maximum atomic E-state index is 13.1. The van der Waals surface area contributed by atoms with Gasteiger partial charge in [0.2, 0.25) is 11.8 Å². The van der Waals surface area contributed by atoms with E-state index in [-0.39, 0.29) is 24.1 Å². The Morgan fingerprint density at radius 2 is 1.87 bits per heavy atom. The lowest BCUT2D eigenvalue weighted by molar-refractivity contribution is -0.136. The number of nitrogens with one attached hydrogen (secondary N) is 2. The predicted molar refractivity (Wildman–Crippen MR) is 118 cm³/mol. The number of carbonyl (C=O) groups is 3. The summed E-state index contributed by atoms with van der Waals surface area (Å²) >= 11 is 0. The van der Waals surface area contributed by atoms with E-state index in [1.54, 1.807) is 4.90 Å². The highest BCUT2D eigenvalue weighted by molar-refractivity contribution is 6.06. The fourth-order valence-corrected chi connectivity index (χ4v) is 4.30. The van der Waals surface area contributed by atoms with Gasteiger partial charge >= 0.3 is 0 Å². The van der Waals surface area contributed by atoms with Crippen molar-refractivity contribution >= 4 is 23.4 Å². The van der Waals surface area contributed by atoms with Gasteiger partial charge in [-0.25, -0.2) is 0 Å². The molecule has 4 rings (SSSR count). The van der Waals surface area contributed by atoms with Gasteiger partial charge in [-0.05, 0) is 61.1 Å². The Labute approximate surface area is 182 Å². The second-order valence-corrected chi connectivity index (χ2v) is 8.15. The third-order valence-electron chi connectivity index (χ3n) is 6.00. The van der Waals surface area contributed by atoms with E-state index < -0.39 is 6.04 Å². The summed E-state index contributed by atoms with van der Waals surface area (Å²) < 4.78 is 0. The van der Waals surface area contributed by atoms with Gasteiger partial charge in [0, 0.05) is 30.8 Å². The molecule has 0 bridgehead atoms. The summed E-state index contributed by atoms with van der Waals surface area (Å²) in [5, 5.41) is 5.74. The first-order chi connectivity index (χ1) is 15.1. The van der Waals surface area contributed by atoms with Crippen LogP contribution in [0, 0.1) is 0 Å².